The van der Waals surface area contributed by atoms with E-state index in [-0.39, 0.29) is 17.0 Å². The van der Waals surface area contributed by atoms with Crippen LogP contribution >= 0.6 is 11.6 Å². The van der Waals surface area contributed by atoms with Crippen LogP contribution in [0.4, 0.5) is 0 Å². The number of nitrogens with one attached hydrogen (secondary N) is 1. The third kappa shape index (κ3) is 3.95. The van der Waals surface area contributed by atoms with Gasteiger partial charge < -0.3 is 4.52 Å². The van der Waals surface area contributed by atoms with Crippen LogP contribution in [0.5, 0.6) is 0 Å². The number of hydrogen-bond donors (Lipinski definition) is 1. The highest BCUT2D eigenvalue weighted by molar-refractivity contribution is 7.89. The number of benzene rings is 2. The quantitative estimate of drug-likeness (QED) is 0.684. The summed E-state index contributed by atoms with van der Waals surface area (Å²) < 4.78 is 33.4. The molecule has 2 heterocycles. The molecule has 0 bridgehead atoms. The van der Waals surface area contributed by atoms with Crippen LogP contribution in [0.15, 0.2) is 64.0 Å². The first kappa shape index (κ1) is 19.1. The second kappa shape index (κ2) is 7.63. The van der Waals surface area contributed by atoms with Crippen molar-refractivity contribution in [3.63, 3.8) is 0 Å². The zero-order chi connectivity index (χ0) is 19.7. The van der Waals surface area contributed by atoms with Gasteiger partial charge in [-0.2, -0.15) is 4.98 Å². The molecular formula is C19H19ClN4O3S. The van der Waals surface area contributed by atoms with Gasteiger partial charge >= 0.3 is 0 Å². The summed E-state index contributed by atoms with van der Waals surface area (Å²) in [5, 5.41) is 4.68. The van der Waals surface area contributed by atoms with Gasteiger partial charge in [-0.3, -0.25) is 4.90 Å². The largest absolute Gasteiger partial charge is 0.337 e. The van der Waals surface area contributed by atoms with Crippen molar-refractivity contribution in [1.29, 1.82) is 0 Å². The Morgan fingerprint density at radius 3 is 2.57 bits per heavy atom. The van der Waals surface area contributed by atoms with Gasteiger partial charge in [0.15, 0.2) is 0 Å². The molecule has 2 atom stereocenters. The van der Waals surface area contributed by atoms with E-state index in [2.05, 4.69) is 14.9 Å². The zero-order valence-corrected chi connectivity index (χ0v) is 16.7. The van der Waals surface area contributed by atoms with Crippen molar-refractivity contribution in [2.45, 2.75) is 23.4 Å². The van der Waals surface area contributed by atoms with Crippen LogP contribution < -0.4 is 4.72 Å². The molecule has 146 valence electrons. The third-order valence-corrected chi connectivity index (χ3v) is 6.54. The first-order valence-electron chi connectivity index (χ1n) is 8.79. The second-order valence-corrected chi connectivity index (χ2v) is 8.94. The Bertz CT molecular complexity index is 1050. The van der Waals surface area contributed by atoms with Crippen LogP contribution in [0.2, 0.25) is 5.02 Å². The first-order valence-corrected chi connectivity index (χ1v) is 10.7. The van der Waals surface area contributed by atoms with Gasteiger partial charge in [-0.05, 0) is 49.9 Å². The van der Waals surface area contributed by atoms with Gasteiger partial charge in [-0.15, -0.1) is 0 Å². The van der Waals surface area contributed by atoms with Crippen molar-refractivity contribution in [2.75, 3.05) is 13.6 Å². The van der Waals surface area contributed by atoms with E-state index >= 15 is 0 Å². The predicted octanol–water partition coefficient (Wildman–Crippen LogP) is 3.11. The SMILES string of the molecule is CN1CC(NS(=O)(=O)c2ccccc2)CC1c1nc(-c2ccc(Cl)cc2)no1. The molecule has 0 saturated carbocycles. The Kier molecular flexibility index (Phi) is 5.20. The topological polar surface area (TPSA) is 88.3 Å². The summed E-state index contributed by atoms with van der Waals surface area (Å²) in [5.74, 6) is 0.947. The maximum absolute atomic E-state index is 12.6. The van der Waals surface area contributed by atoms with E-state index < -0.39 is 10.0 Å². The monoisotopic (exact) mass is 418 g/mol. The maximum Gasteiger partial charge on any atom is 0.244 e. The lowest BCUT2D eigenvalue weighted by Crippen LogP contribution is -2.36. The zero-order valence-electron chi connectivity index (χ0n) is 15.1. The molecule has 1 aromatic heterocycles. The minimum Gasteiger partial charge on any atom is -0.337 e. The molecule has 1 aliphatic heterocycles. The molecule has 1 fully saturated rings. The molecule has 3 aromatic rings. The summed E-state index contributed by atoms with van der Waals surface area (Å²) in [5.41, 5.74) is 0.807. The number of rotatable bonds is 5. The fourth-order valence-electron chi connectivity index (χ4n) is 3.35. The molecular weight excluding hydrogens is 400 g/mol. The summed E-state index contributed by atoms with van der Waals surface area (Å²) in [6.07, 6.45) is 0.546. The molecule has 2 unspecified atom stereocenters. The number of likely N-dealkylation sites (N-methyl/N-ethyl adjacent to an activating group) is 1. The Balaban J connectivity index is 1.48. The van der Waals surface area contributed by atoms with E-state index in [0.717, 1.165) is 5.56 Å². The molecule has 1 N–H and O–H groups in total. The molecule has 9 heteroatoms. The fourth-order valence-corrected chi connectivity index (χ4v) is 4.73. The lowest BCUT2D eigenvalue weighted by Gasteiger charge is -2.14. The summed E-state index contributed by atoms with van der Waals surface area (Å²) in [6.45, 7) is 0.551. The molecule has 28 heavy (non-hydrogen) atoms. The average molecular weight is 419 g/mol. The number of halogens is 1. The maximum atomic E-state index is 12.6. The standard InChI is InChI=1S/C19H19ClN4O3S/c1-24-12-15(23-28(25,26)16-5-3-2-4-6-16)11-17(24)19-21-18(22-27-19)13-7-9-14(20)10-8-13/h2-10,15,17,23H,11-12H2,1H3. The smallest absolute Gasteiger partial charge is 0.244 e. The van der Waals surface area contributed by atoms with Crippen LogP contribution in [-0.2, 0) is 10.0 Å². The van der Waals surface area contributed by atoms with Gasteiger partial charge in [-0.25, -0.2) is 13.1 Å². The van der Waals surface area contributed by atoms with E-state index in [0.29, 0.717) is 29.7 Å². The highest BCUT2D eigenvalue weighted by atomic mass is 35.5. The van der Waals surface area contributed by atoms with E-state index in [9.17, 15) is 8.42 Å². The van der Waals surface area contributed by atoms with Gasteiger partial charge in [0.1, 0.15) is 0 Å². The molecule has 0 spiro atoms. The number of sulfonamides is 1. The normalized spacial score (nSPS) is 20.5. The van der Waals surface area contributed by atoms with Gasteiger partial charge in [0.2, 0.25) is 21.7 Å². The Morgan fingerprint density at radius 2 is 1.86 bits per heavy atom. The lowest BCUT2D eigenvalue weighted by molar-refractivity contribution is 0.244. The number of likely N-dealkylation sites (tertiary alicyclic amines) is 1. The predicted molar refractivity (Wildman–Crippen MR) is 105 cm³/mol. The molecule has 0 amide bonds. The van der Waals surface area contributed by atoms with Crippen LogP contribution in [0.25, 0.3) is 11.4 Å². The first-order chi connectivity index (χ1) is 13.4. The summed E-state index contributed by atoms with van der Waals surface area (Å²) in [7, 11) is -1.66. The van der Waals surface area contributed by atoms with E-state index in [1.165, 1.54) is 0 Å². The van der Waals surface area contributed by atoms with Crippen molar-refractivity contribution in [3.8, 4) is 11.4 Å². The Morgan fingerprint density at radius 1 is 1.14 bits per heavy atom. The molecule has 0 radical (unpaired) electrons. The lowest BCUT2D eigenvalue weighted by atomic mass is 10.2. The number of aromatic nitrogens is 2. The molecule has 0 aliphatic carbocycles. The van der Waals surface area contributed by atoms with Crippen molar-refractivity contribution >= 4 is 21.6 Å². The minimum absolute atomic E-state index is 0.156. The molecule has 4 rings (SSSR count). The van der Waals surface area contributed by atoms with Crippen LogP contribution in [0.1, 0.15) is 18.4 Å². The van der Waals surface area contributed by atoms with E-state index in [1.54, 1.807) is 42.5 Å². The Hall–Kier alpha value is -2.26. The van der Waals surface area contributed by atoms with Crippen LogP contribution in [0.3, 0.4) is 0 Å². The summed E-state index contributed by atoms with van der Waals surface area (Å²) in [4.78, 5) is 6.76. The van der Waals surface area contributed by atoms with Crippen LogP contribution in [-0.4, -0.2) is 43.1 Å². The highest BCUT2D eigenvalue weighted by Gasteiger charge is 2.36. The third-order valence-electron chi connectivity index (χ3n) is 4.75. The van der Waals surface area contributed by atoms with Crippen molar-refractivity contribution in [3.05, 3.63) is 65.5 Å². The minimum atomic E-state index is -3.57. The van der Waals surface area contributed by atoms with Crippen molar-refractivity contribution < 1.29 is 12.9 Å². The summed E-state index contributed by atoms with van der Waals surface area (Å²) in [6, 6.07) is 15.1. The number of hydrogen-bond acceptors (Lipinski definition) is 6. The summed E-state index contributed by atoms with van der Waals surface area (Å²) >= 11 is 5.91. The molecule has 1 saturated heterocycles. The second-order valence-electron chi connectivity index (χ2n) is 6.79. The van der Waals surface area contributed by atoms with E-state index in [1.807, 2.05) is 24.1 Å². The van der Waals surface area contributed by atoms with Gasteiger partial charge in [0, 0.05) is 23.2 Å². The van der Waals surface area contributed by atoms with Gasteiger partial charge in [0.05, 0.1) is 10.9 Å². The fraction of sp³-hybridized carbons (Fsp3) is 0.263. The molecule has 7 nitrogen and oxygen atoms in total. The molecule has 1 aliphatic rings. The van der Waals surface area contributed by atoms with E-state index in [4.69, 9.17) is 16.1 Å². The van der Waals surface area contributed by atoms with Gasteiger partial charge in [0.25, 0.3) is 0 Å². The van der Waals surface area contributed by atoms with Crippen LogP contribution in [0, 0.1) is 0 Å². The molecule has 2 aromatic carbocycles. The van der Waals surface area contributed by atoms with Crippen molar-refractivity contribution in [2.24, 2.45) is 0 Å². The van der Waals surface area contributed by atoms with Crippen molar-refractivity contribution in [1.82, 2.24) is 19.8 Å². The average Bonchev–Trinajstić information content (AvgIpc) is 3.29. The highest BCUT2D eigenvalue weighted by Crippen LogP contribution is 2.31. The number of nitrogens with zero attached hydrogens (tertiary/aromatic N) is 3. The van der Waals surface area contributed by atoms with Gasteiger partial charge in [-0.1, -0.05) is 35.0 Å². The Labute approximate surface area is 168 Å².